The monoisotopic (exact) mass is 346 g/mol. The Labute approximate surface area is 147 Å². The minimum absolute atomic E-state index is 0.0224. The number of aryl methyl sites for hydroxylation is 1. The predicted molar refractivity (Wildman–Crippen MR) is 90.6 cm³/mol. The van der Waals surface area contributed by atoms with Crippen molar-refractivity contribution in [2.24, 2.45) is 18.4 Å². The Morgan fingerprint density at radius 1 is 1.32 bits per heavy atom. The van der Waals surface area contributed by atoms with Crippen molar-refractivity contribution < 1.29 is 14.7 Å². The number of carbonyl (C=O) groups is 2. The van der Waals surface area contributed by atoms with Gasteiger partial charge in [-0.15, -0.1) is 0 Å². The van der Waals surface area contributed by atoms with E-state index in [1.807, 2.05) is 22.7 Å². The average molecular weight is 346 g/mol. The molecule has 0 radical (unpaired) electrons. The maximum absolute atomic E-state index is 12.3. The Kier molecular flexibility index (Phi) is 4.06. The molecule has 1 aromatic rings. The van der Waals surface area contributed by atoms with Crippen LogP contribution in [0, 0.1) is 11.3 Å². The number of piperidine rings is 1. The number of aliphatic carboxylic acids is 1. The van der Waals surface area contributed by atoms with Gasteiger partial charge in [0.2, 0.25) is 5.91 Å². The van der Waals surface area contributed by atoms with Crippen molar-refractivity contribution >= 4 is 11.9 Å². The van der Waals surface area contributed by atoms with Crippen molar-refractivity contribution in [2.45, 2.75) is 44.7 Å². The Morgan fingerprint density at radius 2 is 2.04 bits per heavy atom. The summed E-state index contributed by atoms with van der Waals surface area (Å²) in [6, 6.07) is -0.456. The van der Waals surface area contributed by atoms with Crippen molar-refractivity contribution in [1.82, 2.24) is 19.4 Å². The lowest BCUT2D eigenvalue weighted by Gasteiger charge is -2.39. The molecule has 1 amide bonds. The molecule has 1 aromatic heterocycles. The highest BCUT2D eigenvalue weighted by atomic mass is 16.4. The fourth-order valence-corrected chi connectivity index (χ4v) is 4.44. The molecule has 0 unspecified atom stereocenters. The number of likely N-dealkylation sites (tertiary alicyclic amines) is 2. The lowest BCUT2D eigenvalue weighted by atomic mass is 9.76. The highest BCUT2D eigenvalue weighted by Crippen LogP contribution is 2.44. The summed E-state index contributed by atoms with van der Waals surface area (Å²) in [4.78, 5) is 32.5. The number of carboxylic acid groups (broad SMARTS) is 1. The number of carbonyl (C=O) groups excluding carboxylic acids is 1. The lowest BCUT2D eigenvalue weighted by molar-refractivity contribution is -0.142. The second-order valence-corrected chi connectivity index (χ2v) is 8.02. The molecule has 7 nitrogen and oxygen atoms in total. The molecule has 1 N–H and O–H groups in total. The van der Waals surface area contributed by atoms with Gasteiger partial charge in [-0.2, -0.15) is 0 Å². The molecule has 2 aliphatic heterocycles. The number of hydrogen-bond donors (Lipinski definition) is 1. The number of aromatic nitrogens is 2. The van der Waals surface area contributed by atoms with Gasteiger partial charge in [-0.05, 0) is 37.5 Å². The number of nitrogens with zero attached hydrogens (tertiary/aromatic N) is 4. The summed E-state index contributed by atoms with van der Waals surface area (Å²) in [5.41, 5.74) is 0.0224. The highest BCUT2D eigenvalue weighted by molar-refractivity contribution is 5.81. The largest absolute Gasteiger partial charge is 0.480 e. The van der Waals surface area contributed by atoms with Crippen LogP contribution in [0.2, 0.25) is 0 Å². The zero-order valence-electron chi connectivity index (χ0n) is 14.7. The second kappa shape index (κ2) is 6.12. The normalized spacial score (nSPS) is 26.3. The number of rotatable bonds is 4. The Bertz CT molecular complexity index is 674. The minimum Gasteiger partial charge on any atom is -0.480 e. The maximum atomic E-state index is 12.3. The van der Waals surface area contributed by atoms with E-state index in [4.69, 9.17) is 0 Å². The third-order valence-corrected chi connectivity index (χ3v) is 6.22. The molecule has 2 saturated heterocycles. The van der Waals surface area contributed by atoms with E-state index >= 15 is 0 Å². The third kappa shape index (κ3) is 3.17. The number of carboxylic acids is 1. The second-order valence-electron chi connectivity index (χ2n) is 8.02. The number of imidazole rings is 1. The van der Waals surface area contributed by atoms with Crippen molar-refractivity contribution in [3.8, 4) is 0 Å². The minimum atomic E-state index is -0.748. The van der Waals surface area contributed by atoms with E-state index in [1.54, 1.807) is 6.20 Å². The van der Waals surface area contributed by atoms with Crippen molar-refractivity contribution in [3.63, 3.8) is 0 Å². The number of hydrogen-bond acceptors (Lipinski definition) is 4. The molecule has 136 valence electrons. The lowest BCUT2D eigenvalue weighted by Crippen LogP contribution is -2.44. The standard InChI is InChI=1S/C18H26N4O3/c1-20-9-6-19-15(20)11-22-12-18(10-14(22)17(24)25)4-7-21(8-5-18)16(23)13-2-3-13/h6,9,13-14H,2-5,7-8,10-12H2,1H3,(H,24,25)/t14-/m0/s1. The van der Waals surface area contributed by atoms with Crippen LogP contribution in [0.3, 0.4) is 0 Å². The Morgan fingerprint density at radius 3 is 2.60 bits per heavy atom. The topological polar surface area (TPSA) is 78.7 Å². The maximum Gasteiger partial charge on any atom is 0.320 e. The van der Waals surface area contributed by atoms with Crippen LogP contribution in [0.1, 0.15) is 37.9 Å². The predicted octanol–water partition coefficient (Wildman–Crippen LogP) is 1.10. The third-order valence-electron chi connectivity index (χ3n) is 6.22. The van der Waals surface area contributed by atoms with Crippen LogP contribution >= 0.6 is 0 Å². The van der Waals surface area contributed by atoms with Crippen LogP contribution < -0.4 is 0 Å². The van der Waals surface area contributed by atoms with Crippen LogP contribution in [0.25, 0.3) is 0 Å². The molecule has 1 atom stereocenters. The summed E-state index contributed by atoms with van der Waals surface area (Å²) >= 11 is 0. The summed E-state index contributed by atoms with van der Waals surface area (Å²) in [6.45, 7) is 2.89. The fraction of sp³-hybridized carbons (Fsp3) is 0.722. The zero-order valence-corrected chi connectivity index (χ0v) is 14.7. The van der Waals surface area contributed by atoms with Gasteiger partial charge in [0.15, 0.2) is 0 Å². The molecule has 4 rings (SSSR count). The van der Waals surface area contributed by atoms with Crippen LogP contribution in [0.4, 0.5) is 0 Å². The van der Waals surface area contributed by atoms with Gasteiger partial charge in [-0.3, -0.25) is 14.5 Å². The molecule has 3 aliphatic rings. The zero-order chi connectivity index (χ0) is 17.6. The summed E-state index contributed by atoms with van der Waals surface area (Å²) in [5.74, 6) is 0.726. The molecule has 1 aliphatic carbocycles. The first-order valence-corrected chi connectivity index (χ1v) is 9.19. The average Bonchev–Trinajstić information content (AvgIpc) is 3.28. The summed E-state index contributed by atoms with van der Waals surface area (Å²) in [6.07, 6.45) is 8.21. The number of amides is 1. The highest BCUT2D eigenvalue weighted by Gasteiger charge is 2.49. The van der Waals surface area contributed by atoms with E-state index in [0.29, 0.717) is 18.9 Å². The Hall–Kier alpha value is -1.89. The summed E-state index contributed by atoms with van der Waals surface area (Å²) in [5, 5.41) is 9.68. The smallest absolute Gasteiger partial charge is 0.320 e. The first-order valence-electron chi connectivity index (χ1n) is 9.19. The quantitative estimate of drug-likeness (QED) is 0.883. The first-order chi connectivity index (χ1) is 12.0. The molecule has 1 saturated carbocycles. The van der Waals surface area contributed by atoms with E-state index in [1.165, 1.54) is 0 Å². The van der Waals surface area contributed by atoms with E-state index < -0.39 is 12.0 Å². The molecule has 3 fully saturated rings. The van der Waals surface area contributed by atoms with Gasteiger partial charge in [-0.25, -0.2) is 4.98 Å². The van der Waals surface area contributed by atoms with Gasteiger partial charge in [0.1, 0.15) is 11.9 Å². The van der Waals surface area contributed by atoms with Crippen LogP contribution in [-0.4, -0.2) is 62.0 Å². The van der Waals surface area contributed by atoms with Gasteiger partial charge in [0, 0.05) is 45.0 Å². The molecule has 1 spiro atoms. The molecule has 25 heavy (non-hydrogen) atoms. The van der Waals surface area contributed by atoms with Crippen LogP contribution in [-0.2, 0) is 23.2 Å². The molecular weight excluding hydrogens is 320 g/mol. The van der Waals surface area contributed by atoms with Gasteiger partial charge in [0.25, 0.3) is 0 Å². The van der Waals surface area contributed by atoms with Crippen molar-refractivity contribution in [2.75, 3.05) is 19.6 Å². The summed E-state index contributed by atoms with van der Waals surface area (Å²) < 4.78 is 1.95. The van der Waals surface area contributed by atoms with Gasteiger partial charge >= 0.3 is 5.97 Å². The van der Waals surface area contributed by atoms with Crippen molar-refractivity contribution in [1.29, 1.82) is 0 Å². The summed E-state index contributed by atoms with van der Waals surface area (Å²) in [7, 11) is 1.94. The van der Waals surface area contributed by atoms with E-state index in [9.17, 15) is 14.7 Å². The SMILES string of the molecule is Cn1ccnc1CN1CC2(CCN(C(=O)C3CC3)CC2)C[C@H]1C(=O)O. The van der Waals surface area contributed by atoms with E-state index in [2.05, 4.69) is 9.88 Å². The molecule has 0 aromatic carbocycles. The van der Waals surface area contributed by atoms with E-state index in [-0.39, 0.29) is 11.3 Å². The molecule has 0 bridgehead atoms. The van der Waals surface area contributed by atoms with Gasteiger partial charge in [-0.1, -0.05) is 0 Å². The van der Waals surface area contributed by atoms with E-state index in [0.717, 1.165) is 51.1 Å². The van der Waals surface area contributed by atoms with Gasteiger partial charge < -0.3 is 14.6 Å². The van der Waals surface area contributed by atoms with Gasteiger partial charge in [0.05, 0.1) is 6.54 Å². The molecular formula is C18H26N4O3. The Balaban J connectivity index is 1.44. The molecule has 7 heteroatoms. The van der Waals surface area contributed by atoms with Crippen LogP contribution in [0.15, 0.2) is 12.4 Å². The van der Waals surface area contributed by atoms with Crippen LogP contribution in [0.5, 0.6) is 0 Å². The fourth-order valence-electron chi connectivity index (χ4n) is 4.44. The first kappa shape index (κ1) is 16.6. The molecule has 3 heterocycles. The van der Waals surface area contributed by atoms with Crippen molar-refractivity contribution in [3.05, 3.63) is 18.2 Å².